The minimum absolute atomic E-state index is 0.180. The highest BCUT2D eigenvalue weighted by Crippen LogP contribution is 2.22. The van der Waals surface area contributed by atoms with Gasteiger partial charge < -0.3 is 10.8 Å². The molecule has 2 rings (SSSR count). The first kappa shape index (κ1) is 14.3. The van der Waals surface area contributed by atoms with Crippen molar-refractivity contribution in [3.05, 3.63) is 29.8 Å². The quantitative estimate of drug-likeness (QED) is 0.432. The molecule has 0 radical (unpaired) electrons. The van der Waals surface area contributed by atoms with Gasteiger partial charge in [-0.2, -0.15) is 5.10 Å². The molecule has 0 aliphatic rings. The lowest BCUT2D eigenvalue weighted by atomic mass is 10.2. The number of benzene rings is 1. The van der Waals surface area contributed by atoms with E-state index < -0.39 is 0 Å². The number of nitrogens with two attached hydrogens (primary N) is 1. The van der Waals surface area contributed by atoms with Gasteiger partial charge >= 0.3 is 0 Å². The summed E-state index contributed by atoms with van der Waals surface area (Å²) < 4.78 is 0.639. The largest absolute Gasteiger partial charge is 0.508 e. The number of phenols is 1. The molecule has 0 atom stereocenters. The number of phenolic OH excluding ortho intramolecular Hbond substituents is 1. The number of hydrazone groups is 1. The number of hydrogen-bond donors (Lipinski definition) is 3. The van der Waals surface area contributed by atoms with Crippen LogP contribution >= 0.6 is 23.1 Å². The SMILES string of the molecule is Nc1nnc(SCC(=O)NN=Cc2ccc(O)cc2)s1. The van der Waals surface area contributed by atoms with Crippen molar-refractivity contribution in [1.29, 1.82) is 0 Å². The third-order valence-electron chi connectivity index (χ3n) is 2.04. The number of aromatic nitrogens is 2. The maximum Gasteiger partial charge on any atom is 0.250 e. The Hall–Kier alpha value is -2.13. The molecule has 7 nitrogen and oxygen atoms in total. The molecule has 0 spiro atoms. The van der Waals surface area contributed by atoms with Crippen LogP contribution in [0.4, 0.5) is 5.13 Å². The van der Waals surface area contributed by atoms with Gasteiger partial charge in [0.1, 0.15) is 5.75 Å². The van der Waals surface area contributed by atoms with Crippen LogP contribution in [0.2, 0.25) is 0 Å². The highest BCUT2D eigenvalue weighted by Gasteiger charge is 2.05. The van der Waals surface area contributed by atoms with E-state index in [1.54, 1.807) is 24.3 Å². The average Bonchev–Trinajstić information content (AvgIpc) is 2.85. The zero-order valence-corrected chi connectivity index (χ0v) is 11.8. The molecular weight excluding hydrogens is 298 g/mol. The van der Waals surface area contributed by atoms with Gasteiger partial charge in [0.15, 0.2) is 4.34 Å². The van der Waals surface area contributed by atoms with Crippen LogP contribution in [0.25, 0.3) is 0 Å². The lowest BCUT2D eigenvalue weighted by Gasteiger charge is -1.97. The molecular formula is C11H11N5O2S2. The number of aromatic hydroxyl groups is 1. The van der Waals surface area contributed by atoms with E-state index in [4.69, 9.17) is 10.8 Å². The minimum atomic E-state index is -0.251. The van der Waals surface area contributed by atoms with E-state index in [0.29, 0.717) is 9.47 Å². The number of carbonyl (C=O) groups is 1. The smallest absolute Gasteiger partial charge is 0.250 e. The molecule has 20 heavy (non-hydrogen) atoms. The summed E-state index contributed by atoms with van der Waals surface area (Å²) in [6, 6.07) is 6.45. The van der Waals surface area contributed by atoms with Crippen molar-refractivity contribution in [1.82, 2.24) is 15.6 Å². The summed E-state index contributed by atoms with van der Waals surface area (Å²) in [7, 11) is 0. The zero-order chi connectivity index (χ0) is 14.4. The summed E-state index contributed by atoms with van der Waals surface area (Å²) in [5, 5.41) is 20.7. The van der Waals surface area contributed by atoms with Gasteiger partial charge in [-0.1, -0.05) is 23.1 Å². The molecule has 9 heteroatoms. The summed E-state index contributed by atoms with van der Waals surface area (Å²) in [4.78, 5) is 11.5. The zero-order valence-electron chi connectivity index (χ0n) is 10.2. The molecule has 104 valence electrons. The van der Waals surface area contributed by atoms with E-state index in [2.05, 4.69) is 20.7 Å². The Labute approximate surface area is 122 Å². The third kappa shape index (κ3) is 4.52. The second-order valence-corrected chi connectivity index (χ2v) is 5.81. The number of anilines is 1. The first-order valence-electron chi connectivity index (χ1n) is 5.46. The first-order chi connectivity index (χ1) is 9.63. The maximum absolute atomic E-state index is 11.5. The molecule has 1 aromatic carbocycles. The molecule has 2 aromatic rings. The number of nitrogen functional groups attached to an aromatic ring is 1. The maximum atomic E-state index is 11.5. The van der Waals surface area contributed by atoms with Crippen LogP contribution in [0.1, 0.15) is 5.56 Å². The number of thioether (sulfide) groups is 1. The molecule has 0 saturated heterocycles. The predicted octanol–water partition coefficient (Wildman–Crippen LogP) is 1.07. The number of carbonyl (C=O) groups excluding carboxylic acids is 1. The molecule has 1 heterocycles. The van der Waals surface area contributed by atoms with Crippen LogP contribution in [-0.4, -0.2) is 33.2 Å². The second kappa shape index (κ2) is 6.87. The molecule has 0 bridgehead atoms. The highest BCUT2D eigenvalue weighted by molar-refractivity contribution is 8.01. The summed E-state index contributed by atoms with van der Waals surface area (Å²) in [6.07, 6.45) is 1.49. The Morgan fingerprint density at radius 2 is 2.20 bits per heavy atom. The van der Waals surface area contributed by atoms with Gasteiger partial charge in [0.2, 0.25) is 5.13 Å². The van der Waals surface area contributed by atoms with Gasteiger partial charge in [0.25, 0.3) is 5.91 Å². The van der Waals surface area contributed by atoms with Gasteiger partial charge in [-0.05, 0) is 29.8 Å². The Kier molecular flexibility index (Phi) is 4.91. The van der Waals surface area contributed by atoms with Crippen LogP contribution in [0.15, 0.2) is 33.7 Å². The van der Waals surface area contributed by atoms with Gasteiger partial charge in [-0.15, -0.1) is 10.2 Å². The summed E-state index contributed by atoms with van der Waals surface area (Å²) >= 11 is 2.47. The lowest BCUT2D eigenvalue weighted by molar-refractivity contribution is -0.118. The number of amides is 1. The summed E-state index contributed by atoms with van der Waals surface area (Å²) in [5.74, 6) is 0.111. The summed E-state index contributed by atoms with van der Waals surface area (Å²) in [5.41, 5.74) is 8.60. The highest BCUT2D eigenvalue weighted by atomic mass is 32.2. The minimum Gasteiger partial charge on any atom is -0.508 e. The molecule has 0 fully saturated rings. The van der Waals surface area contributed by atoms with Crippen molar-refractivity contribution in [2.24, 2.45) is 5.10 Å². The molecule has 4 N–H and O–H groups in total. The monoisotopic (exact) mass is 309 g/mol. The van der Waals surface area contributed by atoms with Crippen LogP contribution in [0, 0.1) is 0 Å². The molecule has 0 aliphatic heterocycles. The van der Waals surface area contributed by atoms with Crippen LogP contribution in [-0.2, 0) is 4.79 Å². The Bertz CT molecular complexity index is 612. The lowest BCUT2D eigenvalue weighted by Crippen LogP contribution is -2.19. The molecule has 0 aliphatic carbocycles. The molecule has 1 amide bonds. The van der Waals surface area contributed by atoms with Crippen molar-refractivity contribution in [3.8, 4) is 5.75 Å². The number of nitrogens with one attached hydrogen (secondary N) is 1. The van der Waals surface area contributed by atoms with Crippen molar-refractivity contribution >= 4 is 40.4 Å². The topological polar surface area (TPSA) is 113 Å². The van der Waals surface area contributed by atoms with Crippen LogP contribution in [0.5, 0.6) is 5.75 Å². The Morgan fingerprint density at radius 3 is 2.85 bits per heavy atom. The van der Waals surface area contributed by atoms with E-state index >= 15 is 0 Å². The van der Waals surface area contributed by atoms with Gasteiger partial charge in [0.05, 0.1) is 12.0 Å². The van der Waals surface area contributed by atoms with Crippen molar-refractivity contribution in [2.45, 2.75) is 4.34 Å². The number of nitrogens with zero attached hydrogens (tertiary/aromatic N) is 3. The van der Waals surface area contributed by atoms with E-state index in [1.165, 1.54) is 29.3 Å². The van der Waals surface area contributed by atoms with Crippen LogP contribution < -0.4 is 11.2 Å². The Morgan fingerprint density at radius 1 is 1.45 bits per heavy atom. The third-order valence-corrected chi connectivity index (χ3v) is 3.93. The van der Waals surface area contributed by atoms with Gasteiger partial charge in [-0.3, -0.25) is 4.79 Å². The number of rotatable bonds is 5. The first-order valence-corrected chi connectivity index (χ1v) is 7.26. The molecule has 1 aromatic heterocycles. The van der Waals surface area contributed by atoms with Gasteiger partial charge in [0, 0.05) is 0 Å². The predicted molar refractivity (Wildman–Crippen MR) is 78.9 cm³/mol. The number of hydrogen-bond acceptors (Lipinski definition) is 8. The van der Waals surface area contributed by atoms with Crippen molar-refractivity contribution < 1.29 is 9.90 Å². The molecule has 0 saturated carbocycles. The van der Waals surface area contributed by atoms with E-state index in [-0.39, 0.29) is 17.4 Å². The van der Waals surface area contributed by atoms with E-state index in [9.17, 15) is 4.79 Å². The van der Waals surface area contributed by atoms with Crippen LogP contribution in [0.3, 0.4) is 0 Å². The van der Waals surface area contributed by atoms with Crippen molar-refractivity contribution in [2.75, 3.05) is 11.5 Å². The van der Waals surface area contributed by atoms with Gasteiger partial charge in [-0.25, -0.2) is 5.43 Å². The molecule has 0 unspecified atom stereocenters. The standard InChI is InChI=1S/C11H11N5O2S2/c12-10-15-16-11(20-10)19-6-9(18)14-13-5-7-1-3-8(17)4-2-7/h1-5,17H,6H2,(H2,12,15)(H,14,18). The van der Waals surface area contributed by atoms with E-state index in [0.717, 1.165) is 5.56 Å². The Balaban J connectivity index is 1.76. The second-order valence-electron chi connectivity index (χ2n) is 3.58. The fourth-order valence-electron chi connectivity index (χ4n) is 1.18. The normalized spacial score (nSPS) is 10.8. The fourth-order valence-corrected chi connectivity index (χ4v) is 2.61. The summed E-state index contributed by atoms with van der Waals surface area (Å²) in [6.45, 7) is 0. The fraction of sp³-hybridized carbons (Fsp3) is 0.0909. The van der Waals surface area contributed by atoms with Crippen molar-refractivity contribution in [3.63, 3.8) is 0 Å². The average molecular weight is 309 g/mol. The van der Waals surface area contributed by atoms with E-state index in [1.807, 2.05) is 0 Å².